The lowest BCUT2D eigenvalue weighted by Gasteiger charge is -2.40. The first-order valence-corrected chi connectivity index (χ1v) is 8.77. The molecule has 2 aromatic heterocycles. The monoisotopic (exact) mass is 313 g/mol. The quantitative estimate of drug-likeness (QED) is 0.841. The van der Waals surface area contributed by atoms with Gasteiger partial charge in [0.1, 0.15) is 15.8 Å². The number of rotatable bonds is 1. The number of nitrogens with zero attached hydrogens (tertiary/aromatic N) is 2. The fourth-order valence-electron chi connectivity index (χ4n) is 3.79. The van der Waals surface area contributed by atoms with Crippen LogP contribution in [0, 0.1) is 28.6 Å². The number of hydrogen-bond donors (Lipinski definition) is 1. The van der Waals surface area contributed by atoms with Gasteiger partial charge in [0.15, 0.2) is 0 Å². The van der Waals surface area contributed by atoms with E-state index in [4.69, 9.17) is 16.0 Å². The Morgan fingerprint density at radius 2 is 2.14 bits per heavy atom. The summed E-state index contributed by atoms with van der Waals surface area (Å²) in [5, 5.41) is 10.1. The second-order valence-corrected chi connectivity index (χ2v) is 8.45. The number of thiophene rings is 1. The SMILES string of the molecule is CCC1Cc2nc3sc(C#N)c(N)c3cc2CC1C(C)(C)C. The summed E-state index contributed by atoms with van der Waals surface area (Å²) in [5.41, 5.74) is 9.54. The third-order valence-corrected chi connectivity index (χ3v) is 6.11. The van der Waals surface area contributed by atoms with Gasteiger partial charge in [-0.15, -0.1) is 11.3 Å². The number of pyridine rings is 1. The second kappa shape index (κ2) is 5.24. The lowest BCUT2D eigenvalue weighted by Crippen LogP contribution is -2.35. The fourth-order valence-corrected chi connectivity index (χ4v) is 4.69. The van der Waals surface area contributed by atoms with Gasteiger partial charge in [0.05, 0.1) is 5.69 Å². The molecule has 3 nitrogen and oxygen atoms in total. The van der Waals surface area contributed by atoms with Crippen molar-refractivity contribution in [1.82, 2.24) is 4.98 Å². The molecule has 22 heavy (non-hydrogen) atoms. The minimum atomic E-state index is 0.297. The summed E-state index contributed by atoms with van der Waals surface area (Å²) in [6, 6.07) is 4.37. The Hall–Kier alpha value is -1.60. The highest BCUT2D eigenvalue weighted by Crippen LogP contribution is 2.43. The van der Waals surface area contributed by atoms with E-state index in [1.807, 2.05) is 0 Å². The molecule has 2 N–H and O–H groups in total. The highest BCUT2D eigenvalue weighted by atomic mass is 32.1. The molecule has 0 aliphatic heterocycles. The van der Waals surface area contributed by atoms with Crippen LogP contribution in [0.1, 0.15) is 50.3 Å². The van der Waals surface area contributed by atoms with Crippen LogP contribution in [0.2, 0.25) is 0 Å². The van der Waals surface area contributed by atoms with Gasteiger partial charge < -0.3 is 5.73 Å². The Labute approximate surface area is 136 Å². The van der Waals surface area contributed by atoms with E-state index in [0.29, 0.717) is 27.8 Å². The Morgan fingerprint density at radius 1 is 1.41 bits per heavy atom. The van der Waals surface area contributed by atoms with Gasteiger partial charge in [0.2, 0.25) is 0 Å². The van der Waals surface area contributed by atoms with Crippen LogP contribution in [0.15, 0.2) is 6.07 Å². The highest BCUT2D eigenvalue weighted by Gasteiger charge is 2.36. The largest absolute Gasteiger partial charge is 0.396 e. The molecule has 0 saturated heterocycles. The molecule has 2 heterocycles. The molecule has 2 atom stereocenters. The van der Waals surface area contributed by atoms with Crippen molar-refractivity contribution in [3.63, 3.8) is 0 Å². The lowest BCUT2D eigenvalue weighted by atomic mass is 9.65. The minimum absolute atomic E-state index is 0.297. The van der Waals surface area contributed by atoms with E-state index in [9.17, 15) is 0 Å². The van der Waals surface area contributed by atoms with Gasteiger partial charge in [-0.25, -0.2) is 4.98 Å². The average molecular weight is 313 g/mol. The number of fused-ring (bicyclic) bond motifs is 2. The molecule has 0 fully saturated rings. The molecule has 3 rings (SSSR count). The molecule has 2 unspecified atom stereocenters. The predicted octanol–water partition coefficient (Wildman–Crippen LogP) is 4.54. The summed E-state index contributed by atoms with van der Waals surface area (Å²) in [6.07, 6.45) is 3.30. The van der Waals surface area contributed by atoms with Crippen LogP contribution in [0.25, 0.3) is 10.2 Å². The maximum atomic E-state index is 9.17. The van der Waals surface area contributed by atoms with Crippen LogP contribution < -0.4 is 5.73 Å². The second-order valence-electron chi connectivity index (χ2n) is 7.45. The van der Waals surface area contributed by atoms with E-state index in [1.54, 1.807) is 0 Å². The Kier molecular flexibility index (Phi) is 3.65. The number of nitrogen functional groups attached to an aromatic ring is 1. The highest BCUT2D eigenvalue weighted by molar-refractivity contribution is 7.19. The summed E-state index contributed by atoms with van der Waals surface area (Å²) in [7, 11) is 0. The summed E-state index contributed by atoms with van der Waals surface area (Å²) in [5.74, 6) is 1.35. The Bertz CT molecular complexity index is 761. The molecule has 0 bridgehead atoms. The molecule has 4 heteroatoms. The smallest absolute Gasteiger partial charge is 0.130 e. The standard InChI is InChI=1S/C18H23N3S/c1-5-10-8-14-11(7-13(10)18(2,3)4)6-12-16(20)15(9-19)22-17(12)21-14/h6,10,13H,5,7-8,20H2,1-4H3. The lowest BCUT2D eigenvalue weighted by molar-refractivity contribution is 0.140. The van der Waals surface area contributed by atoms with Gasteiger partial charge in [-0.3, -0.25) is 0 Å². The fraction of sp³-hybridized carbons (Fsp3) is 0.556. The third-order valence-electron chi connectivity index (χ3n) is 5.09. The summed E-state index contributed by atoms with van der Waals surface area (Å²) in [4.78, 5) is 6.35. The van der Waals surface area contributed by atoms with E-state index in [2.05, 4.69) is 39.8 Å². The van der Waals surface area contributed by atoms with Crippen LogP contribution in [0.3, 0.4) is 0 Å². The molecular weight excluding hydrogens is 290 g/mol. The zero-order chi connectivity index (χ0) is 16.1. The van der Waals surface area contributed by atoms with Gasteiger partial charge in [-0.05, 0) is 41.7 Å². The number of nitrogens with two attached hydrogens (primary N) is 1. The maximum Gasteiger partial charge on any atom is 0.130 e. The van der Waals surface area contributed by atoms with Crippen molar-refractivity contribution < 1.29 is 0 Å². The van der Waals surface area contributed by atoms with Crippen LogP contribution in [-0.2, 0) is 12.8 Å². The molecule has 0 aromatic carbocycles. The van der Waals surface area contributed by atoms with Gasteiger partial charge in [-0.2, -0.15) is 5.26 Å². The van der Waals surface area contributed by atoms with E-state index in [1.165, 1.54) is 29.0 Å². The number of aromatic nitrogens is 1. The molecule has 0 radical (unpaired) electrons. The first-order valence-electron chi connectivity index (χ1n) is 7.96. The molecular formula is C18H23N3S. The van der Waals surface area contributed by atoms with Gasteiger partial charge in [-0.1, -0.05) is 34.1 Å². The number of anilines is 1. The number of hydrogen-bond acceptors (Lipinski definition) is 4. The molecule has 0 spiro atoms. The third kappa shape index (κ3) is 2.38. The first kappa shape index (κ1) is 15.3. The summed E-state index contributed by atoms with van der Waals surface area (Å²) < 4.78 is 0. The van der Waals surface area contributed by atoms with Crippen molar-refractivity contribution in [3.8, 4) is 6.07 Å². The van der Waals surface area contributed by atoms with Gasteiger partial charge in [0.25, 0.3) is 0 Å². The van der Waals surface area contributed by atoms with Crippen molar-refractivity contribution in [3.05, 3.63) is 22.2 Å². The van der Waals surface area contributed by atoms with E-state index in [0.717, 1.165) is 23.1 Å². The van der Waals surface area contributed by atoms with Crippen molar-refractivity contribution in [2.45, 2.75) is 47.0 Å². The van der Waals surface area contributed by atoms with Crippen LogP contribution in [-0.4, -0.2) is 4.98 Å². The molecule has 0 amide bonds. The van der Waals surface area contributed by atoms with Crippen molar-refractivity contribution in [2.75, 3.05) is 5.73 Å². The average Bonchev–Trinajstić information content (AvgIpc) is 2.78. The molecule has 0 saturated carbocycles. The first-order chi connectivity index (χ1) is 10.3. The predicted molar refractivity (Wildman–Crippen MR) is 92.9 cm³/mol. The van der Waals surface area contributed by atoms with Crippen molar-refractivity contribution >= 4 is 27.2 Å². The van der Waals surface area contributed by atoms with Gasteiger partial charge in [0, 0.05) is 11.1 Å². The van der Waals surface area contributed by atoms with Crippen LogP contribution >= 0.6 is 11.3 Å². The maximum absolute atomic E-state index is 9.17. The minimum Gasteiger partial charge on any atom is -0.396 e. The molecule has 1 aliphatic rings. The van der Waals surface area contributed by atoms with Gasteiger partial charge >= 0.3 is 0 Å². The summed E-state index contributed by atoms with van der Waals surface area (Å²) in [6.45, 7) is 9.29. The zero-order valence-electron chi connectivity index (χ0n) is 13.7. The topological polar surface area (TPSA) is 62.7 Å². The van der Waals surface area contributed by atoms with E-state index in [-0.39, 0.29) is 0 Å². The normalized spacial score (nSPS) is 21.6. The Morgan fingerprint density at radius 3 is 2.73 bits per heavy atom. The van der Waals surface area contributed by atoms with Crippen LogP contribution in [0.5, 0.6) is 0 Å². The molecule has 1 aliphatic carbocycles. The zero-order valence-corrected chi connectivity index (χ0v) is 14.5. The number of nitriles is 1. The van der Waals surface area contributed by atoms with Crippen LogP contribution in [0.4, 0.5) is 5.69 Å². The molecule has 116 valence electrons. The van der Waals surface area contributed by atoms with E-state index >= 15 is 0 Å². The van der Waals surface area contributed by atoms with E-state index < -0.39 is 0 Å². The van der Waals surface area contributed by atoms with Crippen molar-refractivity contribution in [2.24, 2.45) is 17.3 Å². The summed E-state index contributed by atoms with van der Waals surface area (Å²) >= 11 is 1.41. The Balaban J connectivity index is 2.11. The van der Waals surface area contributed by atoms with Crippen molar-refractivity contribution in [1.29, 1.82) is 5.26 Å². The molecule has 2 aromatic rings.